The van der Waals surface area contributed by atoms with E-state index >= 15 is 0 Å². The zero-order valence-corrected chi connectivity index (χ0v) is 61.8. The number of rotatable bonds is 75. The summed E-state index contributed by atoms with van der Waals surface area (Å²) in [6.45, 7) is 4.51. The van der Waals surface area contributed by atoms with Crippen LogP contribution >= 0.6 is 7.82 Å². The molecule has 0 aliphatic carbocycles. The van der Waals surface area contributed by atoms with E-state index in [1.54, 1.807) is 0 Å². The third-order valence-corrected chi connectivity index (χ3v) is 19.2. The quantitative estimate of drug-likeness (QED) is 0.0211. The van der Waals surface area contributed by atoms with E-state index in [4.69, 9.17) is 18.5 Å². The molecule has 0 aromatic carbocycles. The van der Waals surface area contributed by atoms with Gasteiger partial charge in [0, 0.05) is 12.8 Å². The molecular formula is C80H155NO8P+. The highest BCUT2D eigenvalue weighted by Crippen LogP contribution is 2.43. The molecule has 0 bridgehead atoms. The van der Waals surface area contributed by atoms with Gasteiger partial charge in [-0.2, -0.15) is 0 Å². The van der Waals surface area contributed by atoms with Crippen LogP contribution in [0.4, 0.5) is 0 Å². The Balaban J connectivity index is 3.90. The number of esters is 2. The average Bonchev–Trinajstić information content (AvgIpc) is 3.58. The van der Waals surface area contributed by atoms with Crippen molar-refractivity contribution in [3.05, 3.63) is 36.5 Å². The number of likely N-dealkylation sites (N-methyl/N-ethyl adjacent to an activating group) is 1. The third-order valence-electron chi connectivity index (χ3n) is 18.2. The van der Waals surface area contributed by atoms with Gasteiger partial charge in [0.2, 0.25) is 0 Å². The summed E-state index contributed by atoms with van der Waals surface area (Å²) in [6.07, 6.45) is 92.9. The maximum absolute atomic E-state index is 12.9. The second-order valence-electron chi connectivity index (χ2n) is 28.5. The van der Waals surface area contributed by atoms with Gasteiger partial charge >= 0.3 is 19.8 Å². The lowest BCUT2D eigenvalue weighted by Gasteiger charge is -2.24. The Kier molecular flexibility index (Phi) is 70.1. The van der Waals surface area contributed by atoms with E-state index in [9.17, 15) is 19.0 Å². The number of hydrogen-bond donors (Lipinski definition) is 1. The van der Waals surface area contributed by atoms with Crippen LogP contribution < -0.4 is 0 Å². The minimum Gasteiger partial charge on any atom is -0.462 e. The Hall–Kier alpha value is -1.77. The summed E-state index contributed by atoms with van der Waals surface area (Å²) in [6, 6.07) is 0. The summed E-state index contributed by atoms with van der Waals surface area (Å²) >= 11 is 0. The number of allylic oxidation sites excluding steroid dienone is 6. The number of hydrogen-bond acceptors (Lipinski definition) is 7. The molecule has 0 amide bonds. The minimum absolute atomic E-state index is 0.0358. The van der Waals surface area contributed by atoms with Gasteiger partial charge in [0.25, 0.3) is 0 Å². The molecule has 0 heterocycles. The maximum Gasteiger partial charge on any atom is 0.472 e. The highest BCUT2D eigenvalue weighted by molar-refractivity contribution is 7.47. The van der Waals surface area contributed by atoms with Crippen LogP contribution in [-0.4, -0.2) is 74.9 Å². The predicted octanol–water partition coefficient (Wildman–Crippen LogP) is 26.2. The molecule has 2 unspecified atom stereocenters. The molecule has 0 aliphatic rings. The van der Waals surface area contributed by atoms with E-state index in [1.807, 2.05) is 21.1 Å². The molecule has 0 fully saturated rings. The van der Waals surface area contributed by atoms with Gasteiger partial charge in [-0.15, -0.1) is 0 Å². The summed E-state index contributed by atoms with van der Waals surface area (Å²) in [7, 11) is 1.50. The molecule has 0 radical (unpaired) electrons. The van der Waals surface area contributed by atoms with Gasteiger partial charge in [-0.25, -0.2) is 4.57 Å². The zero-order chi connectivity index (χ0) is 65.5. The van der Waals surface area contributed by atoms with Crippen molar-refractivity contribution in [1.82, 2.24) is 0 Å². The number of ether oxygens (including phenoxy) is 2. The first kappa shape index (κ1) is 88.2. The molecule has 1 N–H and O–H groups in total. The van der Waals surface area contributed by atoms with E-state index < -0.39 is 26.5 Å². The second kappa shape index (κ2) is 71.5. The van der Waals surface area contributed by atoms with Crippen molar-refractivity contribution in [1.29, 1.82) is 0 Å². The molecule has 0 rings (SSSR count). The molecule has 0 spiro atoms. The van der Waals surface area contributed by atoms with Crippen molar-refractivity contribution in [2.75, 3.05) is 47.5 Å². The summed E-state index contributed by atoms with van der Waals surface area (Å²) in [5, 5.41) is 0. The smallest absolute Gasteiger partial charge is 0.462 e. The number of carbonyl (C=O) groups is 2. The van der Waals surface area contributed by atoms with Gasteiger partial charge in [0.15, 0.2) is 6.10 Å². The normalized spacial score (nSPS) is 13.2. The SMILES string of the molecule is CCCCCCC/C=C\C/C=C\C/C=C\CCCCCCCCCCCCCCCCCCCCCCCCCCC(=O)OC(COC(=O)CCCCCCCCCCCCCCCCCCCCCCCCCCCCC)COP(=O)(O)OCC[N+](C)(C)C. The lowest BCUT2D eigenvalue weighted by molar-refractivity contribution is -0.870. The molecule has 0 aromatic heterocycles. The van der Waals surface area contributed by atoms with Crippen LogP contribution in [-0.2, 0) is 32.7 Å². The molecule has 0 aliphatic heterocycles. The number of phosphoric ester groups is 1. The standard InChI is InChI=1S/C80H154NO8P/c1-6-8-10-12-14-16-18-20-22-24-26-28-30-32-34-35-36-37-38-39-40-41-42-43-44-45-47-49-51-53-55-57-59-61-63-65-67-69-71-73-80(83)89-78(77-88-90(84,85)87-75-74-81(3,4)5)76-86-79(82)72-70-68-66-64-62-60-58-56-54-52-50-48-46-33-31-29-27-25-23-21-19-17-15-13-11-9-7-2/h18,20,24,26,30,32,78H,6-17,19,21-23,25,27-29,31,33-77H2,1-5H3/p+1/b20-18-,26-24-,32-30-. The molecule has 532 valence electrons. The molecule has 9 nitrogen and oxygen atoms in total. The van der Waals surface area contributed by atoms with E-state index in [0.29, 0.717) is 23.9 Å². The predicted molar refractivity (Wildman–Crippen MR) is 390 cm³/mol. The van der Waals surface area contributed by atoms with E-state index in [0.717, 1.165) is 44.9 Å². The van der Waals surface area contributed by atoms with Gasteiger partial charge in [0.1, 0.15) is 19.8 Å². The first-order valence-electron chi connectivity index (χ1n) is 39.7. The Bertz CT molecular complexity index is 1610. The lowest BCUT2D eigenvalue weighted by atomic mass is 10.0. The van der Waals surface area contributed by atoms with Gasteiger partial charge in [-0.05, 0) is 51.4 Å². The zero-order valence-electron chi connectivity index (χ0n) is 60.9. The van der Waals surface area contributed by atoms with Crippen molar-refractivity contribution >= 4 is 19.8 Å². The fourth-order valence-electron chi connectivity index (χ4n) is 12.1. The first-order valence-corrected chi connectivity index (χ1v) is 41.2. The lowest BCUT2D eigenvalue weighted by Crippen LogP contribution is -2.37. The molecule has 0 saturated heterocycles. The van der Waals surface area contributed by atoms with Crippen LogP contribution in [0.25, 0.3) is 0 Å². The third kappa shape index (κ3) is 75.3. The van der Waals surface area contributed by atoms with E-state index in [2.05, 4.69) is 50.3 Å². The number of quaternary nitrogens is 1. The van der Waals surface area contributed by atoms with Crippen molar-refractivity contribution in [3.63, 3.8) is 0 Å². The minimum atomic E-state index is -4.39. The molecule has 90 heavy (non-hydrogen) atoms. The van der Waals surface area contributed by atoms with E-state index in [-0.39, 0.29) is 25.6 Å². The topological polar surface area (TPSA) is 108 Å². The fraction of sp³-hybridized carbons (Fsp3) is 0.900. The Labute approximate surface area is 561 Å². The number of carbonyl (C=O) groups excluding carboxylic acids is 2. The van der Waals surface area contributed by atoms with Crippen LogP contribution in [0.3, 0.4) is 0 Å². The second-order valence-corrected chi connectivity index (χ2v) is 29.9. The summed E-state index contributed by atoms with van der Waals surface area (Å²) < 4.78 is 34.8. The highest BCUT2D eigenvalue weighted by Gasteiger charge is 2.27. The van der Waals surface area contributed by atoms with Crippen molar-refractivity contribution in [3.8, 4) is 0 Å². The monoisotopic (exact) mass is 1290 g/mol. The summed E-state index contributed by atoms with van der Waals surface area (Å²) in [4.78, 5) is 36.0. The molecule has 10 heteroatoms. The molecule has 2 atom stereocenters. The van der Waals surface area contributed by atoms with Crippen LogP contribution in [0, 0.1) is 0 Å². The Morgan fingerprint density at radius 3 is 0.889 bits per heavy atom. The fourth-order valence-corrected chi connectivity index (χ4v) is 12.8. The number of phosphoric acid groups is 1. The largest absolute Gasteiger partial charge is 0.472 e. The Morgan fingerprint density at radius 2 is 0.600 bits per heavy atom. The molecule has 0 aromatic rings. The van der Waals surface area contributed by atoms with Crippen LogP contribution in [0.2, 0.25) is 0 Å². The molecule has 0 saturated carbocycles. The summed E-state index contributed by atoms with van der Waals surface area (Å²) in [5.41, 5.74) is 0. The highest BCUT2D eigenvalue weighted by atomic mass is 31.2. The van der Waals surface area contributed by atoms with Crippen molar-refractivity contribution in [2.45, 2.75) is 418 Å². The van der Waals surface area contributed by atoms with Crippen LogP contribution in [0.1, 0.15) is 412 Å². The van der Waals surface area contributed by atoms with Gasteiger partial charge in [-0.3, -0.25) is 18.6 Å². The van der Waals surface area contributed by atoms with Gasteiger partial charge in [-0.1, -0.05) is 384 Å². The maximum atomic E-state index is 12.9. The average molecular weight is 1290 g/mol. The number of nitrogens with zero attached hydrogens (tertiary/aromatic N) is 1. The van der Waals surface area contributed by atoms with Gasteiger partial charge in [0.05, 0.1) is 27.7 Å². The first-order chi connectivity index (χ1) is 44.0. The molecular weight excluding hydrogens is 1130 g/mol. The number of unbranched alkanes of at least 4 members (excludes halogenated alkanes) is 55. The van der Waals surface area contributed by atoms with E-state index in [1.165, 1.54) is 334 Å². The van der Waals surface area contributed by atoms with Crippen molar-refractivity contribution < 1.29 is 42.1 Å². The van der Waals surface area contributed by atoms with Crippen LogP contribution in [0.15, 0.2) is 36.5 Å². The van der Waals surface area contributed by atoms with Crippen molar-refractivity contribution in [2.24, 2.45) is 0 Å². The van der Waals surface area contributed by atoms with Gasteiger partial charge < -0.3 is 18.9 Å². The van der Waals surface area contributed by atoms with Crippen LogP contribution in [0.5, 0.6) is 0 Å². The Morgan fingerprint density at radius 1 is 0.344 bits per heavy atom. The summed E-state index contributed by atoms with van der Waals surface area (Å²) in [5.74, 6) is -0.770.